The number of aliphatic hydroxyl groups is 1. The minimum Gasteiger partial charge on any atom is -0.462 e. The van der Waals surface area contributed by atoms with E-state index in [0.717, 1.165) is 17.2 Å². The molecule has 2 N–H and O–H groups in total. The molecule has 1 aromatic heterocycles. The summed E-state index contributed by atoms with van der Waals surface area (Å²) in [6, 6.07) is 11.9. The fraction of sp³-hybridized carbons (Fsp3) is 0.286. The smallest absolute Gasteiger partial charge is 0.129 e. The summed E-state index contributed by atoms with van der Waals surface area (Å²) >= 11 is 1.81. The highest BCUT2D eigenvalue weighted by Crippen LogP contribution is 2.27. The Bertz CT molecular complexity index is 496. The first-order chi connectivity index (χ1) is 8.83. The summed E-state index contributed by atoms with van der Waals surface area (Å²) in [5.41, 5.74) is 1.12. The zero-order chi connectivity index (χ0) is 12.8. The highest BCUT2D eigenvalue weighted by atomic mass is 32.2. The fourth-order valence-corrected chi connectivity index (χ4v) is 2.46. The van der Waals surface area contributed by atoms with Gasteiger partial charge >= 0.3 is 0 Å². The van der Waals surface area contributed by atoms with E-state index in [4.69, 9.17) is 9.52 Å². The van der Waals surface area contributed by atoms with Gasteiger partial charge in [-0.25, -0.2) is 0 Å². The van der Waals surface area contributed by atoms with Crippen LogP contribution in [0.1, 0.15) is 18.4 Å². The summed E-state index contributed by atoms with van der Waals surface area (Å²) in [6.45, 7) is 2.71. The average molecular weight is 263 g/mol. The van der Waals surface area contributed by atoms with Gasteiger partial charge in [-0.1, -0.05) is 19.1 Å². The largest absolute Gasteiger partial charge is 0.462 e. The van der Waals surface area contributed by atoms with Gasteiger partial charge in [0.05, 0.1) is 6.54 Å². The Labute approximate surface area is 111 Å². The van der Waals surface area contributed by atoms with Gasteiger partial charge in [0.25, 0.3) is 0 Å². The summed E-state index contributed by atoms with van der Waals surface area (Å²) in [5.74, 6) is 2.48. The molecule has 0 saturated carbocycles. The lowest BCUT2D eigenvalue weighted by atomic mass is 10.3. The standard InChI is InChI=1S/C14H17NO2S/c1-2-18-14-6-4-3-5-13(14)15-9-11-7-8-12(10-16)17-11/h3-8,15-16H,2,9-10H2,1H3. The van der Waals surface area contributed by atoms with Crippen LogP contribution in [0.25, 0.3) is 0 Å². The molecule has 1 aromatic carbocycles. The van der Waals surface area contributed by atoms with Gasteiger partial charge in [-0.05, 0) is 30.0 Å². The molecule has 0 fully saturated rings. The summed E-state index contributed by atoms with van der Waals surface area (Å²) in [5, 5.41) is 12.3. The Morgan fingerprint density at radius 2 is 1.94 bits per heavy atom. The lowest BCUT2D eigenvalue weighted by molar-refractivity contribution is 0.244. The number of aliphatic hydroxyl groups excluding tert-OH is 1. The third kappa shape index (κ3) is 3.31. The topological polar surface area (TPSA) is 45.4 Å². The molecular weight excluding hydrogens is 246 g/mol. The number of hydrogen-bond donors (Lipinski definition) is 2. The van der Waals surface area contributed by atoms with Crippen molar-refractivity contribution in [1.29, 1.82) is 0 Å². The van der Waals surface area contributed by atoms with Crippen LogP contribution in [0.4, 0.5) is 5.69 Å². The lowest BCUT2D eigenvalue weighted by Gasteiger charge is -2.09. The third-order valence-corrected chi connectivity index (χ3v) is 3.47. The molecule has 0 unspecified atom stereocenters. The van der Waals surface area contributed by atoms with Crippen molar-refractivity contribution in [1.82, 2.24) is 0 Å². The number of anilines is 1. The number of thioether (sulfide) groups is 1. The van der Waals surface area contributed by atoms with Crippen LogP contribution >= 0.6 is 11.8 Å². The highest BCUT2D eigenvalue weighted by molar-refractivity contribution is 7.99. The quantitative estimate of drug-likeness (QED) is 0.783. The monoisotopic (exact) mass is 263 g/mol. The first-order valence-electron chi connectivity index (χ1n) is 5.97. The van der Waals surface area contributed by atoms with E-state index in [1.54, 1.807) is 6.07 Å². The van der Waals surface area contributed by atoms with Crippen LogP contribution in [-0.4, -0.2) is 10.9 Å². The van der Waals surface area contributed by atoms with Crippen molar-refractivity contribution >= 4 is 17.4 Å². The van der Waals surface area contributed by atoms with Crippen LogP contribution in [-0.2, 0) is 13.2 Å². The average Bonchev–Trinajstić information content (AvgIpc) is 2.86. The second-order valence-electron chi connectivity index (χ2n) is 3.81. The second-order valence-corrected chi connectivity index (χ2v) is 5.11. The molecule has 0 atom stereocenters. The Kier molecular flexibility index (Phi) is 4.73. The Hall–Kier alpha value is -1.39. The van der Waals surface area contributed by atoms with Crippen LogP contribution in [0.2, 0.25) is 0 Å². The number of rotatable bonds is 6. The molecule has 0 aliphatic rings. The molecule has 0 saturated heterocycles. The van der Waals surface area contributed by atoms with Crippen molar-refractivity contribution in [2.75, 3.05) is 11.1 Å². The molecule has 3 nitrogen and oxygen atoms in total. The molecule has 18 heavy (non-hydrogen) atoms. The normalized spacial score (nSPS) is 10.6. The van der Waals surface area contributed by atoms with Gasteiger partial charge in [-0.3, -0.25) is 0 Å². The fourth-order valence-electron chi connectivity index (χ4n) is 1.68. The molecule has 0 amide bonds. The summed E-state index contributed by atoms with van der Waals surface area (Å²) in [4.78, 5) is 1.24. The molecule has 0 aliphatic heterocycles. The zero-order valence-electron chi connectivity index (χ0n) is 10.3. The van der Waals surface area contributed by atoms with Crippen molar-refractivity contribution < 1.29 is 9.52 Å². The molecule has 0 aliphatic carbocycles. The third-order valence-electron chi connectivity index (χ3n) is 2.51. The molecule has 96 valence electrons. The zero-order valence-corrected chi connectivity index (χ0v) is 11.2. The molecule has 0 radical (unpaired) electrons. The molecule has 2 aromatic rings. The first-order valence-corrected chi connectivity index (χ1v) is 6.96. The maximum absolute atomic E-state index is 8.93. The molecule has 4 heteroatoms. The molecule has 1 heterocycles. The summed E-state index contributed by atoms with van der Waals surface area (Å²) in [6.07, 6.45) is 0. The van der Waals surface area contributed by atoms with Gasteiger partial charge in [0, 0.05) is 10.6 Å². The van der Waals surface area contributed by atoms with Crippen molar-refractivity contribution in [2.24, 2.45) is 0 Å². The number of para-hydroxylation sites is 1. The van der Waals surface area contributed by atoms with Gasteiger partial charge in [-0.2, -0.15) is 0 Å². The Balaban J connectivity index is 2.01. The van der Waals surface area contributed by atoms with E-state index in [9.17, 15) is 0 Å². The minimum atomic E-state index is -0.0533. The van der Waals surface area contributed by atoms with Gasteiger partial charge in [0.2, 0.25) is 0 Å². The van der Waals surface area contributed by atoms with Gasteiger partial charge in [0.1, 0.15) is 18.1 Å². The molecule has 2 rings (SSSR count). The number of nitrogens with one attached hydrogen (secondary N) is 1. The molecular formula is C14H17NO2S. The van der Waals surface area contributed by atoms with Crippen molar-refractivity contribution in [2.45, 2.75) is 25.0 Å². The van der Waals surface area contributed by atoms with E-state index in [2.05, 4.69) is 24.4 Å². The van der Waals surface area contributed by atoms with Crippen molar-refractivity contribution in [3.05, 3.63) is 47.9 Å². The Morgan fingerprint density at radius 3 is 2.67 bits per heavy atom. The van der Waals surface area contributed by atoms with E-state index >= 15 is 0 Å². The van der Waals surface area contributed by atoms with Crippen LogP contribution in [0.15, 0.2) is 45.7 Å². The van der Waals surface area contributed by atoms with Crippen LogP contribution < -0.4 is 5.32 Å². The van der Waals surface area contributed by atoms with E-state index in [0.29, 0.717) is 12.3 Å². The second kappa shape index (κ2) is 6.52. The van der Waals surface area contributed by atoms with Crippen molar-refractivity contribution in [3.8, 4) is 0 Å². The predicted octanol–water partition coefficient (Wildman–Crippen LogP) is 3.50. The number of benzene rings is 1. The summed E-state index contributed by atoms with van der Waals surface area (Å²) in [7, 11) is 0. The van der Waals surface area contributed by atoms with Crippen LogP contribution in [0.5, 0.6) is 0 Å². The predicted molar refractivity (Wildman–Crippen MR) is 74.8 cm³/mol. The number of hydrogen-bond acceptors (Lipinski definition) is 4. The minimum absolute atomic E-state index is 0.0533. The van der Waals surface area contributed by atoms with E-state index < -0.39 is 0 Å². The van der Waals surface area contributed by atoms with E-state index in [1.165, 1.54) is 4.90 Å². The SMILES string of the molecule is CCSc1ccccc1NCc1ccc(CO)o1. The lowest BCUT2D eigenvalue weighted by Crippen LogP contribution is -1.99. The van der Waals surface area contributed by atoms with Gasteiger partial charge < -0.3 is 14.8 Å². The summed E-state index contributed by atoms with van der Waals surface area (Å²) < 4.78 is 5.44. The highest BCUT2D eigenvalue weighted by Gasteiger charge is 2.04. The molecule has 0 bridgehead atoms. The Morgan fingerprint density at radius 1 is 1.17 bits per heavy atom. The van der Waals surface area contributed by atoms with E-state index in [-0.39, 0.29) is 6.61 Å². The van der Waals surface area contributed by atoms with E-state index in [1.807, 2.05) is 30.0 Å². The van der Waals surface area contributed by atoms with Gasteiger partial charge in [-0.15, -0.1) is 11.8 Å². The van der Waals surface area contributed by atoms with Crippen LogP contribution in [0, 0.1) is 0 Å². The maximum Gasteiger partial charge on any atom is 0.129 e. The van der Waals surface area contributed by atoms with Crippen molar-refractivity contribution in [3.63, 3.8) is 0 Å². The van der Waals surface area contributed by atoms with Crippen LogP contribution in [0.3, 0.4) is 0 Å². The van der Waals surface area contributed by atoms with Gasteiger partial charge in [0.15, 0.2) is 0 Å². The maximum atomic E-state index is 8.93. The number of furan rings is 1. The first kappa shape index (κ1) is 13.1. The molecule has 0 spiro atoms.